The molecular formula is C15H22N2O3. The highest BCUT2D eigenvalue weighted by Gasteiger charge is 2.18. The van der Waals surface area contributed by atoms with E-state index in [-0.39, 0.29) is 5.56 Å². The minimum atomic E-state index is -0.965. The van der Waals surface area contributed by atoms with Crippen LogP contribution in [0.25, 0.3) is 0 Å². The van der Waals surface area contributed by atoms with E-state index in [1.165, 1.54) is 6.42 Å². The van der Waals surface area contributed by atoms with Gasteiger partial charge < -0.3 is 20.5 Å². The Hall–Kier alpha value is -1.59. The number of carbonyl (C=O) groups is 1. The van der Waals surface area contributed by atoms with Gasteiger partial charge in [0, 0.05) is 25.4 Å². The molecule has 0 aromatic heterocycles. The van der Waals surface area contributed by atoms with Crippen molar-refractivity contribution in [2.24, 2.45) is 5.92 Å². The fourth-order valence-electron chi connectivity index (χ4n) is 2.76. The molecule has 5 heteroatoms. The fourth-order valence-corrected chi connectivity index (χ4v) is 2.76. The van der Waals surface area contributed by atoms with E-state index in [1.807, 2.05) is 13.1 Å². The zero-order valence-corrected chi connectivity index (χ0v) is 11.8. The first-order valence-corrected chi connectivity index (χ1v) is 6.95. The number of nitrogen functional groups attached to an aromatic ring is 1. The summed E-state index contributed by atoms with van der Waals surface area (Å²) in [5, 5.41) is 9.26. The Balaban J connectivity index is 2.01. The lowest BCUT2D eigenvalue weighted by molar-refractivity contribution is 0.0410. The highest BCUT2D eigenvalue weighted by molar-refractivity contribution is 5.95. The summed E-state index contributed by atoms with van der Waals surface area (Å²) in [6.07, 6.45) is 2.28. The number of carboxylic acids is 1. The Morgan fingerprint density at radius 2 is 2.35 bits per heavy atom. The molecule has 0 aliphatic carbocycles. The van der Waals surface area contributed by atoms with E-state index in [0.29, 0.717) is 18.2 Å². The number of rotatable bonds is 5. The van der Waals surface area contributed by atoms with Gasteiger partial charge in [0.25, 0.3) is 0 Å². The van der Waals surface area contributed by atoms with Gasteiger partial charge in [-0.1, -0.05) is 12.1 Å². The molecule has 1 saturated heterocycles. The van der Waals surface area contributed by atoms with Crippen molar-refractivity contribution in [3.63, 3.8) is 0 Å². The van der Waals surface area contributed by atoms with Crippen LogP contribution >= 0.6 is 0 Å². The molecule has 1 heterocycles. The molecule has 2 rings (SSSR count). The second kappa shape index (κ2) is 6.72. The van der Waals surface area contributed by atoms with E-state index < -0.39 is 5.97 Å². The molecular weight excluding hydrogens is 256 g/mol. The summed E-state index contributed by atoms with van der Waals surface area (Å²) in [6, 6.07) is 5.25. The number of carboxylic acid groups (broad SMARTS) is 1. The van der Waals surface area contributed by atoms with E-state index in [0.717, 1.165) is 31.7 Å². The highest BCUT2D eigenvalue weighted by atomic mass is 16.5. The van der Waals surface area contributed by atoms with Gasteiger partial charge in [0.15, 0.2) is 0 Å². The zero-order valence-electron chi connectivity index (χ0n) is 11.8. The number of ether oxygens (including phenoxy) is 1. The summed E-state index contributed by atoms with van der Waals surface area (Å²) in [6.45, 7) is 3.16. The quantitative estimate of drug-likeness (QED) is 0.804. The summed E-state index contributed by atoms with van der Waals surface area (Å²) < 4.78 is 5.47. The molecule has 0 amide bonds. The van der Waals surface area contributed by atoms with Crippen LogP contribution in [-0.2, 0) is 11.3 Å². The lowest BCUT2D eigenvalue weighted by atomic mass is 10.0. The minimum Gasteiger partial charge on any atom is -0.478 e. The topological polar surface area (TPSA) is 75.8 Å². The summed E-state index contributed by atoms with van der Waals surface area (Å²) in [5.41, 5.74) is 7.07. The first-order valence-electron chi connectivity index (χ1n) is 6.95. The third kappa shape index (κ3) is 3.71. The Bertz CT molecular complexity index is 470. The summed E-state index contributed by atoms with van der Waals surface area (Å²) in [7, 11) is 2.00. The Kier molecular flexibility index (Phi) is 4.98. The third-order valence-corrected chi connectivity index (χ3v) is 3.66. The largest absolute Gasteiger partial charge is 0.478 e. The summed E-state index contributed by atoms with van der Waals surface area (Å²) >= 11 is 0. The van der Waals surface area contributed by atoms with Gasteiger partial charge in [-0.05, 0) is 37.4 Å². The molecule has 1 fully saturated rings. The first-order chi connectivity index (χ1) is 9.58. The van der Waals surface area contributed by atoms with Crippen molar-refractivity contribution in [1.82, 2.24) is 4.90 Å². The summed E-state index contributed by atoms with van der Waals surface area (Å²) in [4.78, 5) is 13.4. The van der Waals surface area contributed by atoms with E-state index in [4.69, 9.17) is 10.5 Å². The van der Waals surface area contributed by atoms with Gasteiger partial charge in [-0.3, -0.25) is 0 Å². The Labute approximate surface area is 119 Å². The number of nitrogens with two attached hydrogens (primary N) is 1. The monoisotopic (exact) mass is 278 g/mol. The maximum atomic E-state index is 11.3. The first kappa shape index (κ1) is 14.8. The smallest absolute Gasteiger partial charge is 0.338 e. The van der Waals surface area contributed by atoms with Gasteiger partial charge in [-0.25, -0.2) is 4.79 Å². The van der Waals surface area contributed by atoms with Crippen LogP contribution in [0.15, 0.2) is 18.2 Å². The van der Waals surface area contributed by atoms with Crippen LogP contribution in [0, 0.1) is 5.92 Å². The van der Waals surface area contributed by atoms with Crippen LogP contribution in [-0.4, -0.2) is 42.8 Å². The number of hydrogen-bond acceptors (Lipinski definition) is 4. The number of hydrogen-bond donors (Lipinski definition) is 2. The molecule has 1 aliphatic rings. The standard InChI is InChI=1S/C15H22N2O3/c1-17(8-11-4-3-7-20-10-11)9-12-5-2-6-13(16)14(12)15(18)19/h2,5-6,11H,3-4,7-10,16H2,1H3,(H,18,19). The molecule has 110 valence electrons. The number of benzene rings is 1. The van der Waals surface area contributed by atoms with Crippen LogP contribution in [0.4, 0.5) is 5.69 Å². The van der Waals surface area contributed by atoms with E-state index in [9.17, 15) is 9.90 Å². The van der Waals surface area contributed by atoms with Crippen LogP contribution < -0.4 is 5.73 Å². The fraction of sp³-hybridized carbons (Fsp3) is 0.533. The molecule has 1 aliphatic heterocycles. The zero-order chi connectivity index (χ0) is 14.5. The Morgan fingerprint density at radius 3 is 3.00 bits per heavy atom. The lowest BCUT2D eigenvalue weighted by Crippen LogP contribution is -2.31. The molecule has 3 N–H and O–H groups in total. The van der Waals surface area contributed by atoms with Crippen molar-refractivity contribution in [3.8, 4) is 0 Å². The summed E-state index contributed by atoms with van der Waals surface area (Å²) in [5.74, 6) is -0.435. The number of nitrogens with zero attached hydrogens (tertiary/aromatic N) is 1. The molecule has 5 nitrogen and oxygen atoms in total. The average molecular weight is 278 g/mol. The lowest BCUT2D eigenvalue weighted by Gasteiger charge is -2.27. The van der Waals surface area contributed by atoms with Crippen LogP contribution in [0.1, 0.15) is 28.8 Å². The number of anilines is 1. The molecule has 0 spiro atoms. The predicted octanol–water partition coefficient (Wildman–Crippen LogP) is 1.83. The van der Waals surface area contributed by atoms with Gasteiger partial charge in [-0.15, -0.1) is 0 Å². The maximum absolute atomic E-state index is 11.3. The van der Waals surface area contributed by atoms with Crippen molar-refractivity contribution in [1.29, 1.82) is 0 Å². The van der Waals surface area contributed by atoms with Crippen molar-refractivity contribution in [3.05, 3.63) is 29.3 Å². The molecule has 0 radical (unpaired) electrons. The molecule has 0 saturated carbocycles. The molecule has 0 bridgehead atoms. The van der Waals surface area contributed by atoms with Crippen LogP contribution in [0.3, 0.4) is 0 Å². The molecule has 1 unspecified atom stereocenters. The second-order valence-electron chi connectivity index (χ2n) is 5.47. The van der Waals surface area contributed by atoms with Crippen molar-refractivity contribution < 1.29 is 14.6 Å². The molecule has 1 aromatic rings. The van der Waals surface area contributed by atoms with Gasteiger partial charge in [0.1, 0.15) is 0 Å². The SMILES string of the molecule is CN(Cc1cccc(N)c1C(=O)O)CC1CCCOC1. The van der Waals surface area contributed by atoms with Crippen molar-refractivity contribution in [2.45, 2.75) is 19.4 Å². The average Bonchev–Trinajstić information content (AvgIpc) is 2.39. The van der Waals surface area contributed by atoms with Crippen molar-refractivity contribution in [2.75, 3.05) is 32.5 Å². The van der Waals surface area contributed by atoms with E-state index in [2.05, 4.69) is 4.90 Å². The van der Waals surface area contributed by atoms with Gasteiger partial charge in [-0.2, -0.15) is 0 Å². The second-order valence-corrected chi connectivity index (χ2v) is 5.47. The molecule has 20 heavy (non-hydrogen) atoms. The highest BCUT2D eigenvalue weighted by Crippen LogP contribution is 2.20. The van der Waals surface area contributed by atoms with Gasteiger partial charge in [0.2, 0.25) is 0 Å². The van der Waals surface area contributed by atoms with E-state index >= 15 is 0 Å². The van der Waals surface area contributed by atoms with Gasteiger partial charge in [0.05, 0.1) is 12.2 Å². The Morgan fingerprint density at radius 1 is 1.55 bits per heavy atom. The van der Waals surface area contributed by atoms with Gasteiger partial charge >= 0.3 is 5.97 Å². The van der Waals surface area contributed by atoms with E-state index in [1.54, 1.807) is 12.1 Å². The minimum absolute atomic E-state index is 0.222. The maximum Gasteiger partial charge on any atom is 0.338 e. The number of aromatic carboxylic acids is 1. The van der Waals surface area contributed by atoms with Crippen molar-refractivity contribution >= 4 is 11.7 Å². The normalized spacial score (nSPS) is 19.2. The molecule has 1 atom stereocenters. The van der Waals surface area contributed by atoms with Crippen LogP contribution in [0.5, 0.6) is 0 Å². The molecule has 1 aromatic carbocycles. The van der Waals surface area contributed by atoms with Crippen LogP contribution in [0.2, 0.25) is 0 Å². The third-order valence-electron chi connectivity index (χ3n) is 3.66. The predicted molar refractivity (Wildman–Crippen MR) is 77.7 cm³/mol.